The van der Waals surface area contributed by atoms with Crippen molar-refractivity contribution < 1.29 is 18.4 Å². The third-order valence-corrected chi connectivity index (χ3v) is 5.73. The van der Waals surface area contributed by atoms with Gasteiger partial charge in [-0.3, -0.25) is 9.59 Å². The van der Waals surface area contributed by atoms with Crippen molar-refractivity contribution in [1.29, 1.82) is 0 Å². The van der Waals surface area contributed by atoms with Gasteiger partial charge in [0.2, 0.25) is 11.8 Å². The van der Waals surface area contributed by atoms with Crippen molar-refractivity contribution in [2.24, 2.45) is 5.92 Å². The highest BCUT2D eigenvalue weighted by Crippen LogP contribution is 2.18. The average molecular weight is 449 g/mol. The molecule has 0 radical (unpaired) electrons. The lowest BCUT2D eigenvalue weighted by Crippen LogP contribution is -2.50. The van der Waals surface area contributed by atoms with E-state index in [2.05, 4.69) is 5.32 Å². The normalized spacial score (nSPS) is 11.9. The second-order valence-electron chi connectivity index (χ2n) is 7.83. The third-order valence-electron chi connectivity index (χ3n) is 4.74. The number of benzene rings is 2. The maximum absolute atomic E-state index is 13.3. The Hall–Kier alpha value is -2.41. The van der Waals surface area contributed by atoms with Crippen LogP contribution >= 0.6 is 11.8 Å². The Kier molecular flexibility index (Phi) is 9.98. The summed E-state index contributed by atoms with van der Waals surface area (Å²) >= 11 is 1.41. The molecule has 2 rings (SSSR count). The zero-order valence-electron chi connectivity index (χ0n) is 18.2. The molecule has 0 saturated heterocycles. The lowest BCUT2D eigenvalue weighted by molar-refractivity contribution is -0.139. The molecule has 168 valence electrons. The van der Waals surface area contributed by atoms with Gasteiger partial charge in [-0.1, -0.05) is 45.0 Å². The van der Waals surface area contributed by atoms with Gasteiger partial charge in [0, 0.05) is 18.8 Å². The molecular formula is C24H30F2N2O2S. The van der Waals surface area contributed by atoms with E-state index < -0.39 is 6.04 Å². The molecule has 0 aliphatic carbocycles. The van der Waals surface area contributed by atoms with Gasteiger partial charge in [-0.05, 0) is 47.7 Å². The summed E-state index contributed by atoms with van der Waals surface area (Å²) in [7, 11) is 0. The fourth-order valence-corrected chi connectivity index (χ4v) is 3.92. The van der Waals surface area contributed by atoms with Gasteiger partial charge in [0.25, 0.3) is 0 Å². The molecular weight excluding hydrogens is 418 g/mol. The summed E-state index contributed by atoms with van der Waals surface area (Å²) in [5.41, 5.74) is 1.68. The van der Waals surface area contributed by atoms with Gasteiger partial charge < -0.3 is 10.2 Å². The predicted molar refractivity (Wildman–Crippen MR) is 121 cm³/mol. The van der Waals surface area contributed by atoms with E-state index in [1.807, 2.05) is 20.8 Å². The van der Waals surface area contributed by atoms with E-state index in [1.54, 1.807) is 29.2 Å². The van der Waals surface area contributed by atoms with Crippen LogP contribution in [0, 0.1) is 17.6 Å². The highest BCUT2D eigenvalue weighted by Gasteiger charge is 2.28. The van der Waals surface area contributed by atoms with Crippen LogP contribution in [0.3, 0.4) is 0 Å². The van der Waals surface area contributed by atoms with Gasteiger partial charge in [0.05, 0.1) is 5.75 Å². The quantitative estimate of drug-likeness (QED) is 0.538. The number of halogens is 2. The Bertz CT molecular complexity index is 842. The Labute approximate surface area is 187 Å². The lowest BCUT2D eigenvalue weighted by Gasteiger charge is -2.31. The lowest BCUT2D eigenvalue weighted by atomic mass is 10.1. The summed E-state index contributed by atoms with van der Waals surface area (Å²) in [6, 6.07) is 11.5. The molecule has 0 aliphatic rings. The van der Waals surface area contributed by atoms with E-state index in [0.29, 0.717) is 24.6 Å². The van der Waals surface area contributed by atoms with Crippen LogP contribution < -0.4 is 5.32 Å². The second kappa shape index (κ2) is 12.4. The summed E-state index contributed by atoms with van der Waals surface area (Å²) in [5, 5.41) is 2.92. The smallest absolute Gasteiger partial charge is 0.242 e. The minimum atomic E-state index is -0.609. The van der Waals surface area contributed by atoms with Crippen LogP contribution in [-0.2, 0) is 21.9 Å². The van der Waals surface area contributed by atoms with E-state index in [9.17, 15) is 18.4 Å². The highest BCUT2D eigenvalue weighted by molar-refractivity contribution is 7.99. The molecule has 2 aromatic rings. The highest BCUT2D eigenvalue weighted by atomic mass is 32.2. The molecule has 4 nitrogen and oxygen atoms in total. The first-order valence-electron chi connectivity index (χ1n) is 10.4. The van der Waals surface area contributed by atoms with Crippen LogP contribution in [0.25, 0.3) is 0 Å². The number of hydrogen-bond acceptors (Lipinski definition) is 3. The zero-order chi connectivity index (χ0) is 22.8. The maximum atomic E-state index is 13.3. The third kappa shape index (κ3) is 8.32. The molecule has 0 aromatic heterocycles. The van der Waals surface area contributed by atoms with Crippen LogP contribution in [0.1, 0.15) is 38.3 Å². The Balaban J connectivity index is 2.10. The number of carbonyl (C=O) groups excluding carboxylic acids is 2. The molecule has 0 bridgehead atoms. The van der Waals surface area contributed by atoms with Crippen LogP contribution in [0.4, 0.5) is 8.78 Å². The number of nitrogens with zero attached hydrogens (tertiary/aromatic N) is 1. The van der Waals surface area contributed by atoms with Gasteiger partial charge >= 0.3 is 0 Å². The topological polar surface area (TPSA) is 49.4 Å². The van der Waals surface area contributed by atoms with E-state index >= 15 is 0 Å². The standard InChI is InChI=1S/C24H30F2N2O2S/c1-4-22(24(30)27-13-17(2)3)28(14-18-5-9-20(25)10-6-18)23(29)16-31-15-19-7-11-21(26)12-8-19/h5-12,17,22H,4,13-16H2,1-3H3,(H,27,30)/t22-/m0/s1. The second-order valence-corrected chi connectivity index (χ2v) is 8.82. The zero-order valence-corrected chi connectivity index (χ0v) is 19.1. The summed E-state index contributed by atoms with van der Waals surface area (Å²) in [5.74, 6) is 0.0538. The molecule has 0 unspecified atom stereocenters. The number of hydrogen-bond donors (Lipinski definition) is 1. The molecule has 1 N–H and O–H groups in total. The monoisotopic (exact) mass is 448 g/mol. The first-order chi connectivity index (χ1) is 14.8. The Morgan fingerprint density at radius 3 is 2.03 bits per heavy atom. The maximum Gasteiger partial charge on any atom is 0.242 e. The Morgan fingerprint density at radius 1 is 0.968 bits per heavy atom. The Morgan fingerprint density at radius 2 is 1.52 bits per heavy atom. The van der Waals surface area contributed by atoms with Crippen LogP contribution in [0.5, 0.6) is 0 Å². The predicted octanol–water partition coefficient (Wildman–Crippen LogP) is 4.78. The SMILES string of the molecule is CC[C@@H](C(=O)NCC(C)C)N(Cc1ccc(F)cc1)C(=O)CSCc1ccc(F)cc1. The largest absolute Gasteiger partial charge is 0.354 e. The molecule has 0 saturated carbocycles. The van der Waals surface area contributed by atoms with Crippen molar-refractivity contribution >= 4 is 23.6 Å². The fraction of sp³-hybridized carbons (Fsp3) is 0.417. The van der Waals surface area contributed by atoms with Crippen molar-refractivity contribution in [1.82, 2.24) is 10.2 Å². The molecule has 0 aliphatic heterocycles. The molecule has 0 fully saturated rings. The van der Waals surface area contributed by atoms with E-state index in [1.165, 1.54) is 36.0 Å². The molecule has 0 heterocycles. The van der Waals surface area contributed by atoms with Gasteiger partial charge in [-0.25, -0.2) is 8.78 Å². The van der Waals surface area contributed by atoms with E-state index in [0.717, 1.165) is 11.1 Å². The number of amides is 2. The number of thioether (sulfide) groups is 1. The van der Waals surface area contributed by atoms with Crippen molar-refractivity contribution in [3.8, 4) is 0 Å². The summed E-state index contributed by atoms with van der Waals surface area (Å²) in [6.45, 7) is 6.65. The van der Waals surface area contributed by atoms with Gasteiger partial charge in [0.1, 0.15) is 17.7 Å². The minimum Gasteiger partial charge on any atom is -0.354 e. The first-order valence-corrected chi connectivity index (χ1v) is 11.6. The van der Waals surface area contributed by atoms with Crippen LogP contribution in [0.15, 0.2) is 48.5 Å². The molecule has 7 heteroatoms. The van der Waals surface area contributed by atoms with Crippen molar-refractivity contribution in [2.75, 3.05) is 12.3 Å². The van der Waals surface area contributed by atoms with Crippen LogP contribution in [-0.4, -0.2) is 35.1 Å². The molecule has 0 spiro atoms. The minimum absolute atomic E-state index is 0.164. The number of nitrogens with one attached hydrogen (secondary N) is 1. The number of carbonyl (C=O) groups is 2. The summed E-state index contributed by atoms with van der Waals surface area (Å²) < 4.78 is 26.4. The molecule has 2 amide bonds. The first kappa shape index (κ1) is 24.9. The molecule has 31 heavy (non-hydrogen) atoms. The van der Waals surface area contributed by atoms with E-state index in [-0.39, 0.29) is 35.7 Å². The fourth-order valence-electron chi connectivity index (χ4n) is 3.05. The van der Waals surface area contributed by atoms with Gasteiger partial charge in [0.15, 0.2) is 0 Å². The summed E-state index contributed by atoms with van der Waals surface area (Å²) in [4.78, 5) is 27.5. The van der Waals surface area contributed by atoms with Crippen molar-refractivity contribution in [3.63, 3.8) is 0 Å². The summed E-state index contributed by atoms with van der Waals surface area (Å²) in [6.07, 6.45) is 0.472. The van der Waals surface area contributed by atoms with Crippen molar-refractivity contribution in [2.45, 2.75) is 45.5 Å². The van der Waals surface area contributed by atoms with Gasteiger partial charge in [-0.2, -0.15) is 0 Å². The van der Waals surface area contributed by atoms with E-state index in [4.69, 9.17) is 0 Å². The molecule has 2 aromatic carbocycles. The average Bonchev–Trinajstić information content (AvgIpc) is 2.74. The molecule has 1 atom stereocenters. The van der Waals surface area contributed by atoms with Gasteiger partial charge in [-0.15, -0.1) is 11.8 Å². The van der Waals surface area contributed by atoms with Crippen LogP contribution in [0.2, 0.25) is 0 Å². The number of rotatable bonds is 11. The van der Waals surface area contributed by atoms with Crippen molar-refractivity contribution in [3.05, 3.63) is 71.3 Å².